The zero-order valence-corrected chi connectivity index (χ0v) is 13.3. The highest BCUT2D eigenvalue weighted by Crippen LogP contribution is 2.25. The fourth-order valence-electron chi connectivity index (χ4n) is 1.39. The fraction of sp³-hybridized carbons (Fsp3) is 0.273. The molecule has 0 aliphatic carbocycles. The maximum Gasteiger partial charge on any atom is 0.318 e. The molecule has 2 rings (SSSR count). The van der Waals surface area contributed by atoms with E-state index in [9.17, 15) is 9.59 Å². The number of hydrogen-bond donors (Lipinski definition) is 3. The third-order valence-electron chi connectivity index (χ3n) is 2.22. The van der Waals surface area contributed by atoms with E-state index in [0.29, 0.717) is 9.47 Å². The van der Waals surface area contributed by atoms with Gasteiger partial charge < -0.3 is 11.1 Å². The number of urea groups is 1. The maximum atomic E-state index is 11.2. The molecule has 0 spiro atoms. The number of anilines is 1. The number of primary amides is 1. The molecule has 3 amide bonds. The molecule has 0 saturated heterocycles. The quantitative estimate of drug-likeness (QED) is 0.658. The van der Waals surface area contributed by atoms with Gasteiger partial charge in [-0.3, -0.25) is 10.1 Å². The number of thioether (sulfide) groups is 1. The summed E-state index contributed by atoms with van der Waals surface area (Å²) in [4.78, 5) is 23.0. The summed E-state index contributed by atoms with van der Waals surface area (Å²) in [6.07, 6.45) is 0.931. The molecule has 0 atom stereocenters. The number of imide groups is 1. The van der Waals surface area contributed by atoms with Gasteiger partial charge in [0.05, 0.1) is 5.75 Å². The number of aromatic nitrogens is 2. The minimum Gasteiger partial charge on any atom is -0.360 e. The summed E-state index contributed by atoms with van der Waals surface area (Å²) < 4.78 is 0.660. The molecular weight excluding hydrogens is 330 g/mol. The second-order valence-corrected chi connectivity index (χ2v) is 7.06. The standard InChI is InChI=1S/C11H13N5O2S3/c12-9(18)14-8(17)6-20-11-16-15-10(21-11)13-4-3-7-2-1-5-19-7/h1-2,5H,3-4,6H2,(H,13,15)(H3,12,14,17,18). The first-order valence-corrected chi connectivity index (χ1v) is 8.63. The molecule has 112 valence electrons. The Kier molecular flexibility index (Phi) is 5.96. The average molecular weight is 343 g/mol. The van der Waals surface area contributed by atoms with Gasteiger partial charge in [-0.1, -0.05) is 29.2 Å². The molecule has 0 fully saturated rings. The molecule has 2 aromatic rings. The van der Waals surface area contributed by atoms with Crippen LogP contribution in [0.4, 0.5) is 9.93 Å². The molecule has 0 unspecified atom stereocenters. The van der Waals surface area contributed by atoms with Crippen molar-refractivity contribution < 1.29 is 9.59 Å². The highest BCUT2D eigenvalue weighted by Gasteiger charge is 2.09. The number of carbonyl (C=O) groups excluding carboxylic acids is 2. The van der Waals surface area contributed by atoms with Gasteiger partial charge in [-0.05, 0) is 17.9 Å². The van der Waals surface area contributed by atoms with E-state index >= 15 is 0 Å². The van der Waals surface area contributed by atoms with Crippen molar-refractivity contribution in [1.82, 2.24) is 15.5 Å². The number of nitrogens with two attached hydrogens (primary N) is 1. The van der Waals surface area contributed by atoms with Crippen molar-refractivity contribution in [3.63, 3.8) is 0 Å². The SMILES string of the molecule is NC(=O)NC(=O)CSc1nnc(NCCc2cccs2)s1. The van der Waals surface area contributed by atoms with Crippen molar-refractivity contribution >= 4 is 51.5 Å². The molecule has 21 heavy (non-hydrogen) atoms. The van der Waals surface area contributed by atoms with Gasteiger partial charge >= 0.3 is 6.03 Å². The predicted octanol–water partition coefficient (Wildman–Crippen LogP) is 1.54. The summed E-state index contributed by atoms with van der Waals surface area (Å²) in [7, 11) is 0. The van der Waals surface area contributed by atoms with Crippen LogP contribution in [0.1, 0.15) is 4.88 Å². The Morgan fingerprint density at radius 1 is 1.38 bits per heavy atom. The van der Waals surface area contributed by atoms with Gasteiger partial charge in [-0.25, -0.2) is 4.79 Å². The van der Waals surface area contributed by atoms with E-state index in [1.54, 1.807) is 11.3 Å². The average Bonchev–Trinajstić information content (AvgIpc) is 3.07. The number of nitrogens with zero attached hydrogens (tertiary/aromatic N) is 2. The van der Waals surface area contributed by atoms with Gasteiger partial charge in [0.1, 0.15) is 0 Å². The van der Waals surface area contributed by atoms with Crippen molar-refractivity contribution in [2.45, 2.75) is 10.8 Å². The van der Waals surface area contributed by atoms with Crippen LogP contribution in [-0.4, -0.2) is 34.4 Å². The third-order valence-corrected chi connectivity index (χ3v) is 5.17. The van der Waals surface area contributed by atoms with Gasteiger partial charge in [-0.15, -0.1) is 21.5 Å². The van der Waals surface area contributed by atoms with Crippen LogP contribution in [0.15, 0.2) is 21.9 Å². The van der Waals surface area contributed by atoms with Gasteiger partial charge in [-0.2, -0.15) is 0 Å². The molecule has 0 saturated carbocycles. The van der Waals surface area contributed by atoms with Crippen LogP contribution in [0, 0.1) is 0 Å². The van der Waals surface area contributed by atoms with Gasteiger partial charge in [0, 0.05) is 11.4 Å². The summed E-state index contributed by atoms with van der Waals surface area (Å²) in [5, 5.41) is 15.9. The second-order valence-electron chi connectivity index (χ2n) is 3.83. The van der Waals surface area contributed by atoms with E-state index in [4.69, 9.17) is 5.73 Å². The Labute approximate surface area is 133 Å². The topological polar surface area (TPSA) is 110 Å². The number of amides is 3. The van der Waals surface area contributed by atoms with E-state index in [1.165, 1.54) is 28.0 Å². The number of thiophene rings is 1. The van der Waals surface area contributed by atoms with Crippen LogP contribution >= 0.6 is 34.4 Å². The number of nitrogens with one attached hydrogen (secondary N) is 2. The number of carbonyl (C=O) groups is 2. The summed E-state index contributed by atoms with van der Waals surface area (Å²) in [5.41, 5.74) is 4.85. The van der Waals surface area contributed by atoms with E-state index in [-0.39, 0.29) is 5.75 Å². The molecule has 0 radical (unpaired) electrons. The van der Waals surface area contributed by atoms with E-state index < -0.39 is 11.9 Å². The molecule has 2 heterocycles. The zero-order chi connectivity index (χ0) is 15.1. The molecule has 0 aromatic carbocycles. The van der Waals surface area contributed by atoms with Crippen LogP contribution in [-0.2, 0) is 11.2 Å². The van der Waals surface area contributed by atoms with Crippen molar-refractivity contribution in [3.8, 4) is 0 Å². The normalized spacial score (nSPS) is 10.3. The number of hydrogen-bond acceptors (Lipinski definition) is 8. The molecule has 2 aromatic heterocycles. The molecule has 7 nitrogen and oxygen atoms in total. The fourth-order valence-corrected chi connectivity index (χ4v) is 3.67. The Bertz CT molecular complexity index is 599. The van der Waals surface area contributed by atoms with Gasteiger partial charge in [0.2, 0.25) is 11.0 Å². The maximum absolute atomic E-state index is 11.2. The monoisotopic (exact) mass is 343 g/mol. The molecule has 0 bridgehead atoms. The Morgan fingerprint density at radius 2 is 2.24 bits per heavy atom. The Morgan fingerprint density at radius 3 is 2.95 bits per heavy atom. The first kappa shape index (κ1) is 15.7. The summed E-state index contributed by atoms with van der Waals surface area (Å²) >= 11 is 4.30. The van der Waals surface area contributed by atoms with E-state index in [0.717, 1.165) is 13.0 Å². The molecule has 0 aliphatic heterocycles. The molecule has 10 heteroatoms. The van der Waals surface area contributed by atoms with Crippen molar-refractivity contribution in [3.05, 3.63) is 22.4 Å². The second kappa shape index (κ2) is 7.96. The summed E-state index contributed by atoms with van der Waals surface area (Å²) in [6, 6.07) is 3.26. The summed E-state index contributed by atoms with van der Waals surface area (Å²) in [6.45, 7) is 0.780. The lowest BCUT2D eigenvalue weighted by Gasteiger charge is -1.99. The van der Waals surface area contributed by atoms with Crippen LogP contribution in [0.25, 0.3) is 0 Å². The predicted molar refractivity (Wildman–Crippen MR) is 84.9 cm³/mol. The Hall–Kier alpha value is -1.65. The van der Waals surface area contributed by atoms with Crippen LogP contribution < -0.4 is 16.4 Å². The minimum atomic E-state index is -0.853. The smallest absolute Gasteiger partial charge is 0.318 e. The minimum absolute atomic E-state index is 0.0762. The van der Waals surface area contributed by atoms with Crippen molar-refractivity contribution in [1.29, 1.82) is 0 Å². The van der Waals surface area contributed by atoms with Crippen LogP contribution in [0.5, 0.6) is 0 Å². The number of rotatable bonds is 7. The third kappa shape index (κ3) is 5.69. The zero-order valence-electron chi connectivity index (χ0n) is 10.9. The lowest BCUT2D eigenvalue weighted by Crippen LogP contribution is -2.36. The highest BCUT2D eigenvalue weighted by atomic mass is 32.2. The summed E-state index contributed by atoms with van der Waals surface area (Å²) in [5.74, 6) is -0.373. The molecule has 4 N–H and O–H groups in total. The lowest BCUT2D eigenvalue weighted by atomic mass is 10.3. The van der Waals surface area contributed by atoms with E-state index in [1.807, 2.05) is 16.8 Å². The highest BCUT2D eigenvalue weighted by molar-refractivity contribution is 8.01. The van der Waals surface area contributed by atoms with Crippen LogP contribution in [0.2, 0.25) is 0 Å². The first-order valence-electron chi connectivity index (χ1n) is 5.95. The van der Waals surface area contributed by atoms with Gasteiger partial charge in [0.15, 0.2) is 4.34 Å². The van der Waals surface area contributed by atoms with Crippen molar-refractivity contribution in [2.75, 3.05) is 17.6 Å². The van der Waals surface area contributed by atoms with Crippen LogP contribution in [0.3, 0.4) is 0 Å². The van der Waals surface area contributed by atoms with Gasteiger partial charge in [0.25, 0.3) is 0 Å². The first-order chi connectivity index (χ1) is 10.1. The Balaban J connectivity index is 1.71. The molecular formula is C11H13N5O2S3. The largest absolute Gasteiger partial charge is 0.360 e. The lowest BCUT2D eigenvalue weighted by molar-refractivity contribution is -0.117. The van der Waals surface area contributed by atoms with Crippen molar-refractivity contribution in [2.24, 2.45) is 5.73 Å². The van der Waals surface area contributed by atoms with E-state index in [2.05, 4.69) is 21.6 Å². The molecule has 0 aliphatic rings.